The number of nitrogens with zero attached hydrogens (tertiary/aromatic N) is 3. The molecule has 138 valence electrons. The average Bonchev–Trinajstić information content (AvgIpc) is 2.74. The van der Waals surface area contributed by atoms with Crippen LogP contribution in [0.2, 0.25) is 0 Å². The van der Waals surface area contributed by atoms with Crippen LogP contribution in [-0.4, -0.2) is 33.5 Å². The third kappa shape index (κ3) is 3.11. The fourth-order valence-corrected chi connectivity index (χ4v) is 4.77. The first-order valence-electron chi connectivity index (χ1n) is 9.58. The summed E-state index contributed by atoms with van der Waals surface area (Å²) in [6.07, 6.45) is 6.00. The van der Waals surface area contributed by atoms with Gasteiger partial charge in [0.25, 0.3) is 5.91 Å². The fraction of sp³-hybridized carbons (Fsp3) is 0.409. The Morgan fingerprint density at radius 1 is 1.19 bits per heavy atom. The molecule has 1 saturated carbocycles. The maximum absolute atomic E-state index is 13.1. The van der Waals surface area contributed by atoms with E-state index in [2.05, 4.69) is 4.98 Å². The molecule has 1 aliphatic carbocycles. The summed E-state index contributed by atoms with van der Waals surface area (Å²) in [6.45, 7) is 0.519. The predicted octanol–water partition coefficient (Wildman–Crippen LogP) is 3.25. The summed E-state index contributed by atoms with van der Waals surface area (Å²) in [5, 5.41) is 20.5. The molecule has 3 atom stereocenters. The van der Waals surface area contributed by atoms with Crippen LogP contribution >= 0.6 is 0 Å². The van der Waals surface area contributed by atoms with E-state index in [1.165, 1.54) is 6.20 Å². The van der Waals surface area contributed by atoms with Gasteiger partial charge < -0.3 is 10.0 Å². The standard InChI is InChI=1S/C22H23N3O2/c23-14-18-11-10-16(15-24-18)21(26)25-13-12-22(27,17-6-2-1-3-7-17)19-8-4-5-9-20(19)25/h1-3,6-7,10-11,15,19-20,27H,4-5,8-9,12-13H2/t19-,20?,22-/m0/s1. The van der Waals surface area contributed by atoms with Gasteiger partial charge in [0.15, 0.2) is 0 Å². The Balaban J connectivity index is 1.63. The Hall–Kier alpha value is -2.71. The normalized spacial score (nSPS) is 27.5. The van der Waals surface area contributed by atoms with Crippen molar-refractivity contribution in [1.82, 2.24) is 9.88 Å². The largest absolute Gasteiger partial charge is 0.385 e. The van der Waals surface area contributed by atoms with Crippen molar-refractivity contribution in [2.45, 2.75) is 43.7 Å². The Morgan fingerprint density at radius 2 is 1.96 bits per heavy atom. The van der Waals surface area contributed by atoms with Gasteiger partial charge in [0.2, 0.25) is 0 Å². The molecule has 1 amide bonds. The lowest BCUT2D eigenvalue weighted by Gasteiger charge is -2.52. The molecule has 0 bridgehead atoms. The molecule has 4 rings (SSSR count). The van der Waals surface area contributed by atoms with Gasteiger partial charge in [-0.15, -0.1) is 0 Å². The molecule has 2 aromatic rings. The van der Waals surface area contributed by atoms with Crippen molar-refractivity contribution in [3.05, 3.63) is 65.5 Å². The van der Waals surface area contributed by atoms with Crippen molar-refractivity contribution in [3.8, 4) is 6.07 Å². The molecule has 5 nitrogen and oxygen atoms in total. The van der Waals surface area contributed by atoms with E-state index in [9.17, 15) is 9.90 Å². The summed E-state index contributed by atoms with van der Waals surface area (Å²) in [4.78, 5) is 19.1. The Bertz CT molecular complexity index is 859. The maximum Gasteiger partial charge on any atom is 0.255 e. The molecule has 1 unspecified atom stereocenters. The molecule has 27 heavy (non-hydrogen) atoms. The minimum absolute atomic E-state index is 0.0286. The summed E-state index contributed by atoms with van der Waals surface area (Å²) < 4.78 is 0. The first kappa shape index (κ1) is 17.7. The number of carbonyl (C=O) groups excluding carboxylic acids is 1. The van der Waals surface area contributed by atoms with E-state index in [1.54, 1.807) is 12.1 Å². The number of hydrogen-bond donors (Lipinski definition) is 1. The van der Waals surface area contributed by atoms with Gasteiger partial charge in [-0.1, -0.05) is 43.2 Å². The van der Waals surface area contributed by atoms with Crippen LogP contribution in [0, 0.1) is 17.2 Å². The minimum atomic E-state index is -0.883. The van der Waals surface area contributed by atoms with E-state index in [0.29, 0.717) is 24.2 Å². The highest BCUT2D eigenvalue weighted by molar-refractivity contribution is 5.94. The van der Waals surface area contributed by atoms with Crippen LogP contribution < -0.4 is 0 Å². The molecular formula is C22H23N3O2. The zero-order valence-corrected chi connectivity index (χ0v) is 15.2. The molecular weight excluding hydrogens is 338 g/mol. The molecule has 0 radical (unpaired) electrons. The summed E-state index contributed by atoms with van der Waals surface area (Å²) in [5.41, 5.74) is 0.878. The number of aromatic nitrogens is 1. The van der Waals surface area contributed by atoms with E-state index in [0.717, 1.165) is 31.2 Å². The number of amides is 1. The third-order valence-corrected chi connectivity index (χ3v) is 6.14. The van der Waals surface area contributed by atoms with Crippen molar-refractivity contribution in [2.75, 3.05) is 6.54 Å². The van der Waals surface area contributed by atoms with Crippen LogP contribution in [0.15, 0.2) is 48.7 Å². The lowest BCUT2D eigenvalue weighted by molar-refractivity contribution is -0.110. The number of piperidine rings is 1. The molecule has 0 spiro atoms. The van der Waals surface area contributed by atoms with Crippen molar-refractivity contribution >= 4 is 5.91 Å². The van der Waals surface area contributed by atoms with E-state index >= 15 is 0 Å². The van der Waals surface area contributed by atoms with Gasteiger partial charge in [0.05, 0.1) is 11.2 Å². The molecule has 1 saturated heterocycles. The Morgan fingerprint density at radius 3 is 2.67 bits per heavy atom. The van der Waals surface area contributed by atoms with E-state index < -0.39 is 5.60 Å². The molecule has 5 heteroatoms. The quantitative estimate of drug-likeness (QED) is 0.891. The molecule has 2 aliphatic rings. The molecule has 1 aromatic carbocycles. The van der Waals surface area contributed by atoms with Crippen molar-refractivity contribution in [3.63, 3.8) is 0 Å². The number of pyridine rings is 1. The first-order valence-corrected chi connectivity index (χ1v) is 9.58. The SMILES string of the molecule is N#Cc1ccc(C(=O)N2CC[C@](O)(c3ccccc3)[C@H]3CCCCC32)cn1. The van der Waals surface area contributed by atoms with Gasteiger partial charge in [0, 0.05) is 24.7 Å². The van der Waals surface area contributed by atoms with Crippen LogP contribution in [0.4, 0.5) is 0 Å². The Labute approximate surface area is 159 Å². The number of rotatable bonds is 2. The third-order valence-electron chi connectivity index (χ3n) is 6.14. The highest BCUT2D eigenvalue weighted by atomic mass is 16.3. The van der Waals surface area contributed by atoms with Crippen LogP contribution in [-0.2, 0) is 5.60 Å². The summed E-state index contributed by atoms with van der Waals surface area (Å²) in [7, 11) is 0. The predicted molar refractivity (Wildman–Crippen MR) is 101 cm³/mol. The lowest BCUT2D eigenvalue weighted by atomic mass is 9.66. The second-order valence-electron chi connectivity index (χ2n) is 7.54. The van der Waals surface area contributed by atoms with Gasteiger partial charge in [-0.25, -0.2) is 4.98 Å². The molecule has 2 heterocycles. The number of nitriles is 1. The molecule has 2 fully saturated rings. The van der Waals surface area contributed by atoms with Crippen LogP contribution in [0.5, 0.6) is 0 Å². The smallest absolute Gasteiger partial charge is 0.255 e. The Kier molecular flexibility index (Phi) is 4.67. The highest BCUT2D eigenvalue weighted by Crippen LogP contribution is 2.47. The van der Waals surface area contributed by atoms with Crippen LogP contribution in [0.25, 0.3) is 0 Å². The van der Waals surface area contributed by atoms with Gasteiger partial charge >= 0.3 is 0 Å². The van der Waals surface area contributed by atoms with Crippen molar-refractivity contribution in [1.29, 1.82) is 5.26 Å². The number of carbonyl (C=O) groups is 1. The summed E-state index contributed by atoms with van der Waals surface area (Å²) in [6, 6.07) is 15.1. The maximum atomic E-state index is 13.1. The number of benzene rings is 1. The number of hydrogen-bond acceptors (Lipinski definition) is 4. The molecule has 1 aliphatic heterocycles. The van der Waals surface area contributed by atoms with Crippen LogP contribution in [0.1, 0.15) is 53.7 Å². The van der Waals surface area contributed by atoms with E-state index in [4.69, 9.17) is 5.26 Å². The monoisotopic (exact) mass is 361 g/mol. The first-order chi connectivity index (χ1) is 13.1. The average molecular weight is 361 g/mol. The molecule has 1 aromatic heterocycles. The van der Waals surface area contributed by atoms with Gasteiger partial charge in [-0.05, 0) is 37.0 Å². The zero-order valence-electron chi connectivity index (χ0n) is 15.2. The van der Waals surface area contributed by atoms with Crippen molar-refractivity contribution in [2.24, 2.45) is 5.92 Å². The highest BCUT2D eigenvalue weighted by Gasteiger charge is 2.50. The van der Waals surface area contributed by atoms with Crippen LogP contribution in [0.3, 0.4) is 0 Å². The number of aliphatic hydroxyl groups is 1. The summed E-state index contributed by atoms with van der Waals surface area (Å²) in [5.74, 6) is -0.0170. The van der Waals surface area contributed by atoms with Gasteiger partial charge in [-0.3, -0.25) is 4.79 Å². The van der Waals surface area contributed by atoms with Crippen molar-refractivity contribution < 1.29 is 9.90 Å². The fourth-order valence-electron chi connectivity index (χ4n) is 4.77. The number of likely N-dealkylation sites (tertiary alicyclic amines) is 1. The van der Waals surface area contributed by atoms with E-state index in [1.807, 2.05) is 41.3 Å². The molecule has 1 N–H and O–H groups in total. The topological polar surface area (TPSA) is 77.2 Å². The second-order valence-corrected chi connectivity index (χ2v) is 7.54. The summed E-state index contributed by atoms with van der Waals surface area (Å²) >= 11 is 0. The minimum Gasteiger partial charge on any atom is -0.385 e. The second kappa shape index (κ2) is 7.13. The van der Waals surface area contributed by atoms with Gasteiger partial charge in [0.1, 0.15) is 11.8 Å². The van der Waals surface area contributed by atoms with E-state index in [-0.39, 0.29) is 17.9 Å². The zero-order chi connectivity index (χ0) is 18.9. The van der Waals surface area contributed by atoms with Gasteiger partial charge in [-0.2, -0.15) is 5.26 Å². The number of fused-ring (bicyclic) bond motifs is 1. The lowest BCUT2D eigenvalue weighted by Crippen LogP contribution is -2.59.